The fourth-order valence-electron chi connectivity index (χ4n) is 2.35. The van der Waals surface area contributed by atoms with Gasteiger partial charge in [-0.1, -0.05) is 60.3 Å². The molecule has 7 nitrogen and oxygen atoms in total. The zero-order valence-electron chi connectivity index (χ0n) is 14.1. The molecule has 132 valence electrons. The van der Waals surface area contributed by atoms with Crippen molar-refractivity contribution in [3.63, 3.8) is 0 Å². The Morgan fingerprint density at radius 2 is 1.58 bits per heavy atom. The van der Waals surface area contributed by atoms with Crippen LogP contribution in [0.4, 0.5) is 17.6 Å². The molecule has 0 spiro atoms. The predicted octanol–water partition coefficient (Wildman–Crippen LogP) is 2.82. The summed E-state index contributed by atoms with van der Waals surface area (Å²) in [4.78, 5) is 24.3. The van der Waals surface area contributed by atoms with Crippen LogP contribution >= 0.6 is 11.8 Å². The molecule has 0 aliphatic heterocycles. The van der Waals surface area contributed by atoms with Gasteiger partial charge in [-0.3, -0.25) is 4.79 Å². The van der Waals surface area contributed by atoms with E-state index < -0.39 is 5.25 Å². The minimum Gasteiger partial charge on any atom is -0.368 e. The highest BCUT2D eigenvalue weighted by molar-refractivity contribution is 8.00. The minimum atomic E-state index is -0.444. The number of nitrogen functional groups attached to an aromatic ring is 2. The minimum absolute atomic E-state index is 0.0297. The van der Waals surface area contributed by atoms with Crippen LogP contribution in [0.1, 0.15) is 6.92 Å². The van der Waals surface area contributed by atoms with Crippen LogP contribution in [-0.4, -0.2) is 26.1 Å². The van der Waals surface area contributed by atoms with Crippen LogP contribution in [0.3, 0.4) is 0 Å². The number of thioether (sulfide) groups is 1. The number of benzene rings is 2. The quantitative estimate of drug-likeness (QED) is 0.594. The highest BCUT2D eigenvalue weighted by Crippen LogP contribution is 2.29. The Kier molecular flexibility index (Phi) is 5.33. The molecule has 26 heavy (non-hydrogen) atoms. The van der Waals surface area contributed by atoms with Crippen molar-refractivity contribution in [1.29, 1.82) is 0 Å². The summed E-state index contributed by atoms with van der Waals surface area (Å²) < 4.78 is 0. The number of carbonyl (C=O) groups is 1. The third-order valence-corrected chi connectivity index (χ3v) is 4.53. The second kappa shape index (κ2) is 7.83. The smallest absolute Gasteiger partial charge is 0.237 e. The molecule has 3 aromatic rings. The Bertz CT molecular complexity index is 898. The summed E-state index contributed by atoms with van der Waals surface area (Å²) in [6, 6.07) is 17.5. The molecule has 0 aliphatic rings. The van der Waals surface area contributed by atoms with E-state index >= 15 is 0 Å². The summed E-state index contributed by atoms with van der Waals surface area (Å²) in [6.45, 7) is 1.77. The van der Waals surface area contributed by atoms with Gasteiger partial charge >= 0.3 is 0 Å². The number of hydrogen-bond donors (Lipinski definition) is 3. The van der Waals surface area contributed by atoms with E-state index in [1.165, 1.54) is 11.8 Å². The van der Waals surface area contributed by atoms with Crippen molar-refractivity contribution in [3.8, 4) is 11.1 Å². The fraction of sp³-hybridized carbons (Fsp3) is 0.111. The first-order valence-electron chi connectivity index (χ1n) is 7.92. The molecule has 5 N–H and O–H groups in total. The van der Waals surface area contributed by atoms with Crippen molar-refractivity contribution < 1.29 is 4.79 Å². The number of hydrogen-bond acceptors (Lipinski definition) is 7. The lowest BCUT2D eigenvalue weighted by Gasteiger charge is -2.14. The van der Waals surface area contributed by atoms with Crippen LogP contribution in [0.15, 0.2) is 59.8 Å². The van der Waals surface area contributed by atoms with Crippen molar-refractivity contribution in [3.05, 3.63) is 54.6 Å². The van der Waals surface area contributed by atoms with Gasteiger partial charge in [-0.15, -0.1) is 0 Å². The Balaban J connectivity index is 1.76. The lowest BCUT2D eigenvalue weighted by Crippen LogP contribution is -2.23. The van der Waals surface area contributed by atoms with Crippen molar-refractivity contribution in [2.24, 2.45) is 0 Å². The molecule has 1 unspecified atom stereocenters. The van der Waals surface area contributed by atoms with Gasteiger partial charge in [-0.05, 0) is 18.6 Å². The average molecular weight is 366 g/mol. The van der Waals surface area contributed by atoms with Crippen LogP contribution in [0.5, 0.6) is 0 Å². The normalized spacial score (nSPS) is 11.7. The zero-order valence-corrected chi connectivity index (χ0v) is 14.9. The molecule has 1 heterocycles. The van der Waals surface area contributed by atoms with E-state index in [-0.39, 0.29) is 17.8 Å². The number of amides is 1. The summed E-state index contributed by atoms with van der Waals surface area (Å²) >= 11 is 1.17. The van der Waals surface area contributed by atoms with Gasteiger partial charge in [0.2, 0.25) is 17.8 Å². The van der Waals surface area contributed by atoms with E-state index in [0.717, 1.165) is 16.8 Å². The highest BCUT2D eigenvalue weighted by Gasteiger charge is 2.18. The molecule has 0 saturated carbocycles. The fourth-order valence-corrected chi connectivity index (χ4v) is 3.12. The van der Waals surface area contributed by atoms with Crippen LogP contribution < -0.4 is 16.8 Å². The molecule has 1 atom stereocenters. The molecule has 8 heteroatoms. The Labute approximate surface area is 155 Å². The molecule has 3 rings (SSSR count). The second-order valence-electron chi connectivity index (χ2n) is 5.50. The summed E-state index contributed by atoms with van der Waals surface area (Å²) in [5, 5.41) is 2.83. The molecular formula is C18H18N6OS. The molecular weight excluding hydrogens is 348 g/mol. The van der Waals surface area contributed by atoms with Gasteiger partial charge in [0.15, 0.2) is 5.16 Å². The molecule has 0 saturated heterocycles. The lowest BCUT2D eigenvalue weighted by molar-refractivity contribution is -0.115. The zero-order chi connectivity index (χ0) is 18.5. The van der Waals surface area contributed by atoms with Crippen LogP contribution in [0.2, 0.25) is 0 Å². The summed E-state index contributed by atoms with van der Waals surface area (Å²) in [7, 11) is 0. The van der Waals surface area contributed by atoms with Crippen molar-refractivity contribution in [2.45, 2.75) is 17.3 Å². The van der Waals surface area contributed by atoms with E-state index in [2.05, 4.69) is 20.3 Å². The van der Waals surface area contributed by atoms with Gasteiger partial charge in [0.25, 0.3) is 0 Å². The number of para-hydroxylation sites is 1. The third kappa shape index (κ3) is 4.28. The molecule has 0 radical (unpaired) electrons. The number of aromatic nitrogens is 3. The van der Waals surface area contributed by atoms with Gasteiger partial charge in [-0.2, -0.15) is 15.0 Å². The summed E-state index contributed by atoms with van der Waals surface area (Å²) in [6.07, 6.45) is 0. The SMILES string of the molecule is CC(Sc1nc(N)nc(N)n1)C(=O)Nc1ccccc1-c1ccccc1. The van der Waals surface area contributed by atoms with E-state index in [9.17, 15) is 4.79 Å². The number of nitrogens with two attached hydrogens (primary N) is 2. The number of rotatable bonds is 5. The molecule has 0 aliphatic carbocycles. The number of anilines is 3. The molecule has 0 fully saturated rings. The molecule has 2 aromatic carbocycles. The monoisotopic (exact) mass is 366 g/mol. The number of carbonyl (C=O) groups excluding carboxylic acids is 1. The number of nitrogens with one attached hydrogen (secondary N) is 1. The van der Waals surface area contributed by atoms with Gasteiger partial charge in [0.05, 0.1) is 5.25 Å². The standard InChI is InChI=1S/C18H18N6OS/c1-11(26-18-23-16(19)22-17(20)24-18)15(25)21-14-10-6-5-9-13(14)12-7-3-2-4-8-12/h2-11H,1H3,(H,21,25)(H4,19,20,22,23,24). The third-order valence-electron chi connectivity index (χ3n) is 3.57. The first-order chi connectivity index (χ1) is 12.5. The Hall–Kier alpha value is -3.13. The number of nitrogens with zero attached hydrogens (tertiary/aromatic N) is 3. The van der Waals surface area contributed by atoms with Crippen LogP contribution in [0.25, 0.3) is 11.1 Å². The lowest BCUT2D eigenvalue weighted by atomic mass is 10.0. The van der Waals surface area contributed by atoms with Gasteiger partial charge < -0.3 is 16.8 Å². The molecule has 0 bridgehead atoms. The highest BCUT2D eigenvalue weighted by atomic mass is 32.2. The first kappa shape index (κ1) is 17.7. The summed E-state index contributed by atoms with van der Waals surface area (Å²) in [5.41, 5.74) is 13.8. The second-order valence-corrected chi connectivity index (χ2v) is 6.80. The maximum absolute atomic E-state index is 12.6. The predicted molar refractivity (Wildman–Crippen MR) is 104 cm³/mol. The molecule has 1 aromatic heterocycles. The maximum Gasteiger partial charge on any atom is 0.237 e. The van der Waals surface area contributed by atoms with Gasteiger partial charge in [0, 0.05) is 11.3 Å². The average Bonchev–Trinajstić information content (AvgIpc) is 2.62. The molecule has 1 amide bonds. The van der Waals surface area contributed by atoms with Crippen LogP contribution in [-0.2, 0) is 4.79 Å². The van der Waals surface area contributed by atoms with Gasteiger partial charge in [-0.25, -0.2) is 0 Å². The maximum atomic E-state index is 12.6. The van der Waals surface area contributed by atoms with E-state index in [4.69, 9.17) is 11.5 Å². The largest absolute Gasteiger partial charge is 0.368 e. The first-order valence-corrected chi connectivity index (χ1v) is 8.80. The topological polar surface area (TPSA) is 120 Å². The van der Waals surface area contributed by atoms with Crippen LogP contribution in [0, 0.1) is 0 Å². The van der Waals surface area contributed by atoms with Crippen molar-refractivity contribution >= 4 is 35.3 Å². The summed E-state index contributed by atoms with van der Waals surface area (Å²) in [5.74, 6) is -0.111. The van der Waals surface area contributed by atoms with E-state index in [1.54, 1.807) is 6.92 Å². The van der Waals surface area contributed by atoms with E-state index in [1.807, 2.05) is 54.6 Å². The van der Waals surface area contributed by atoms with Gasteiger partial charge in [0.1, 0.15) is 0 Å². The van der Waals surface area contributed by atoms with E-state index in [0.29, 0.717) is 5.16 Å². The van der Waals surface area contributed by atoms with Crippen molar-refractivity contribution in [2.75, 3.05) is 16.8 Å². The Morgan fingerprint density at radius 1 is 0.962 bits per heavy atom. The van der Waals surface area contributed by atoms with Crippen molar-refractivity contribution in [1.82, 2.24) is 15.0 Å². The Morgan fingerprint density at radius 3 is 2.27 bits per heavy atom.